The number of nitrogens with one attached hydrogen (secondary N) is 4. The molecule has 0 bridgehead atoms. The molecule has 0 spiro atoms. The van der Waals surface area contributed by atoms with Gasteiger partial charge in [-0.2, -0.15) is 0 Å². The van der Waals surface area contributed by atoms with E-state index in [2.05, 4.69) is 21.3 Å². The number of nitrogens with zero attached hydrogens (tertiary/aromatic N) is 4. The molecule has 0 radical (unpaired) electrons. The first-order valence-corrected chi connectivity index (χ1v) is 15.7. The van der Waals surface area contributed by atoms with Crippen LogP contribution in [-0.4, -0.2) is 105 Å². The maximum absolute atomic E-state index is 13.3. The maximum Gasteiger partial charge on any atom is 0.316 e. The van der Waals surface area contributed by atoms with Crippen LogP contribution >= 0.6 is 0 Å². The van der Waals surface area contributed by atoms with E-state index in [-0.39, 0.29) is 23.6 Å². The van der Waals surface area contributed by atoms with Gasteiger partial charge in [0.25, 0.3) is 0 Å². The molecule has 13 nitrogen and oxygen atoms in total. The molecular weight excluding hydrogens is 588 g/mol. The minimum absolute atomic E-state index is 0.283. The van der Waals surface area contributed by atoms with Crippen LogP contribution in [-0.2, 0) is 19.2 Å². The van der Waals surface area contributed by atoms with Crippen LogP contribution < -0.4 is 31.1 Å². The monoisotopic (exact) mass is 634 g/mol. The normalized spacial score (nSPS) is 18.7. The molecule has 4 rings (SSSR count). The van der Waals surface area contributed by atoms with Crippen molar-refractivity contribution >= 4 is 52.4 Å². The molecule has 0 aromatic heterocycles. The van der Waals surface area contributed by atoms with Gasteiger partial charge in [0.05, 0.1) is 0 Å². The molecule has 0 unspecified atom stereocenters. The number of likely N-dealkylation sites (tertiary alicyclic amines) is 2. The van der Waals surface area contributed by atoms with Crippen LogP contribution in [0.2, 0.25) is 0 Å². The Morgan fingerprint density at radius 3 is 1.30 bits per heavy atom. The highest BCUT2D eigenvalue weighted by Crippen LogP contribution is 2.23. The summed E-state index contributed by atoms with van der Waals surface area (Å²) >= 11 is 0. The molecule has 4 atom stereocenters. The number of benzene rings is 2. The zero-order valence-corrected chi connectivity index (χ0v) is 27.5. The van der Waals surface area contributed by atoms with Crippen molar-refractivity contribution in [1.29, 1.82) is 0 Å². The zero-order chi connectivity index (χ0) is 33.5. The van der Waals surface area contributed by atoms with E-state index in [0.29, 0.717) is 50.1 Å². The summed E-state index contributed by atoms with van der Waals surface area (Å²) in [5.41, 5.74) is 3.26. The van der Waals surface area contributed by atoms with Gasteiger partial charge in [-0.3, -0.25) is 19.2 Å². The molecule has 2 aromatic carbocycles. The number of anilines is 4. The molecule has 0 aliphatic carbocycles. The predicted molar refractivity (Wildman–Crippen MR) is 179 cm³/mol. The fourth-order valence-corrected chi connectivity index (χ4v) is 5.80. The molecule has 248 valence electrons. The van der Waals surface area contributed by atoms with Gasteiger partial charge in [0.15, 0.2) is 0 Å². The van der Waals surface area contributed by atoms with Gasteiger partial charge in [-0.1, -0.05) is 0 Å². The Balaban J connectivity index is 1.27. The fourth-order valence-electron chi connectivity index (χ4n) is 5.80. The molecule has 2 heterocycles. The maximum atomic E-state index is 13.3. The summed E-state index contributed by atoms with van der Waals surface area (Å²) in [5.74, 6) is -1.34. The molecule has 0 saturated carbocycles. The van der Waals surface area contributed by atoms with Crippen LogP contribution in [0, 0.1) is 0 Å². The molecule has 2 saturated heterocycles. The Kier molecular flexibility index (Phi) is 11.1. The fraction of sp³-hybridized carbons (Fsp3) is 0.485. The van der Waals surface area contributed by atoms with E-state index < -0.39 is 30.2 Å². The van der Waals surface area contributed by atoms with Gasteiger partial charge in [-0.25, -0.2) is 4.79 Å². The SMILES string of the molecule is C[C@H](NC(=O)N[C@@H](C)C(=O)N1CCC[C@H]1C(=O)Nc1ccc(N(C)C)cc1)C(=O)N1CCC[C@H]1C(=O)Nc1ccc(N(C)C)cc1. The lowest BCUT2D eigenvalue weighted by Crippen LogP contribution is -2.56. The Bertz CT molecular complexity index is 1310. The zero-order valence-electron chi connectivity index (χ0n) is 27.5. The van der Waals surface area contributed by atoms with Gasteiger partial charge in [-0.15, -0.1) is 0 Å². The first kappa shape index (κ1) is 34.1. The van der Waals surface area contributed by atoms with Gasteiger partial charge >= 0.3 is 6.03 Å². The molecule has 2 aliphatic rings. The Hall–Kier alpha value is -4.81. The van der Waals surface area contributed by atoms with Crippen molar-refractivity contribution in [3.63, 3.8) is 0 Å². The van der Waals surface area contributed by atoms with E-state index in [1.165, 1.54) is 9.80 Å². The minimum Gasteiger partial charge on any atom is -0.378 e. The summed E-state index contributed by atoms with van der Waals surface area (Å²) in [4.78, 5) is 72.5. The molecule has 6 amide bonds. The number of rotatable bonds is 10. The van der Waals surface area contributed by atoms with Gasteiger partial charge in [0.1, 0.15) is 24.2 Å². The van der Waals surface area contributed by atoms with E-state index in [0.717, 1.165) is 11.4 Å². The smallest absolute Gasteiger partial charge is 0.316 e. The lowest BCUT2D eigenvalue weighted by molar-refractivity contribution is -0.138. The Morgan fingerprint density at radius 1 is 0.630 bits per heavy atom. The number of carbonyl (C=O) groups is 5. The van der Waals surface area contributed by atoms with E-state index in [4.69, 9.17) is 0 Å². The van der Waals surface area contributed by atoms with E-state index in [1.807, 2.05) is 86.5 Å². The second-order valence-corrected chi connectivity index (χ2v) is 12.3. The molecule has 46 heavy (non-hydrogen) atoms. The minimum atomic E-state index is -0.931. The quantitative estimate of drug-likeness (QED) is 0.314. The van der Waals surface area contributed by atoms with E-state index in [9.17, 15) is 24.0 Å². The van der Waals surface area contributed by atoms with Gasteiger partial charge in [0.2, 0.25) is 23.6 Å². The largest absolute Gasteiger partial charge is 0.378 e. The highest BCUT2D eigenvalue weighted by Gasteiger charge is 2.38. The Labute approximate surface area is 270 Å². The third-order valence-corrected chi connectivity index (χ3v) is 8.42. The highest BCUT2D eigenvalue weighted by atomic mass is 16.2. The second-order valence-electron chi connectivity index (χ2n) is 12.3. The summed E-state index contributed by atoms with van der Waals surface area (Å²) in [6, 6.07) is 11.0. The van der Waals surface area contributed by atoms with E-state index in [1.54, 1.807) is 13.8 Å². The van der Waals surface area contributed by atoms with Crippen molar-refractivity contribution in [2.45, 2.75) is 63.7 Å². The number of hydrogen-bond acceptors (Lipinski definition) is 7. The van der Waals surface area contributed by atoms with Gasteiger partial charge < -0.3 is 40.9 Å². The average Bonchev–Trinajstić information content (AvgIpc) is 3.71. The van der Waals surface area contributed by atoms with Crippen molar-refractivity contribution in [3.8, 4) is 0 Å². The predicted octanol–water partition coefficient (Wildman–Crippen LogP) is 2.45. The molecule has 13 heteroatoms. The molecule has 4 N–H and O–H groups in total. The van der Waals surface area contributed by atoms with Crippen molar-refractivity contribution in [1.82, 2.24) is 20.4 Å². The van der Waals surface area contributed by atoms with Crippen molar-refractivity contribution < 1.29 is 24.0 Å². The molecular formula is C33H46N8O5. The molecule has 2 fully saturated rings. The summed E-state index contributed by atoms with van der Waals surface area (Å²) in [5, 5.41) is 11.0. The van der Waals surface area contributed by atoms with Crippen LogP contribution in [0.5, 0.6) is 0 Å². The lowest BCUT2D eigenvalue weighted by atomic mass is 10.1. The summed E-state index contributed by atoms with van der Waals surface area (Å²) in [6.07, 6.45) is 2.37. The standard InChI is InChI=1S/C33H46N8O5/c1-21(31(44)40-19-7-9-27(40)29(42)36-23-11-15-25(16-12-23)38(3)4)34-33(46)35-22(2)32(45)41-20-8-10-28(41)30(43)37-24-13-17-26(18-14-24)39(5)6/h11-18,21-22,27-28H,7-10,19-20H2,1-6H3,(H,36,42)(H,37,43)(H2,34,35,46)/t21-,22-,27-,28-/m0/s1. The lowest BCUT2D eigenvalue weighted by Gasteiger charge is -2.29. The third kappa shape index (κ3) is 8.26. The van der Waals surface area contributed by atoms with Crippen molar-refractivity contribution in [2.24, 2.45) is 0 Å². The number of amides is 6. The van der Waals surface area contributed by atoms with Crippen LogP contribution in [0.25, 0.3) is 0 Å². The highest BCUT2D eigenvalue weighted by molar-refractivity contribution is 6.00. The number of urea groups is 1. The van der Waals surface area contributed by atoms with Crippen LogP contribution in [0.15, 0.2) is 48.5 Å². The second kappa shape index (κ2) is 15.0. The van der Waals surface area contributed by atoms with E-state index >= 15 is 0 Å². The topological polar surface area (TPSA) is 146 Å². The summed E-state index contributed by atoms with van der Waals surface area (Å²) in [6.45, 7) is 3.90. The number of carbonyl (C=O) groups excluding carboxylic acids is 5. The first-order valence-electron chi connectivity index (χ1n) is 15.7. The van der Waals surface area contributed by atoms with Crippen LogP contribution in [0.4, 0.5) is 27.5 Å². The third-order valence-electron chi connectivity index (χ3n) is 8.42. The van der Waals surface area contributed by atoms with Gasteiger partial charge in [-0.05, 0) is 88.1 Å². The molecule has 2 aliphatic heterocycles. The summed E-state index contributed by atoms with van der Waals surface area (Å²) in [7, 11) is 7.73. The van der Waals surface area contributed by atoms with Crippen molar-refractivity contribution in [3.05, 3.63) is 48.5 Å². The van der Waals surface area contributed by atoms with Crippen LogP contribution in [0.1, 0.15) is 39.5 Å². The van der Waals surface area contributed by atoms with Crippen LogP contribution in [0.3, 0.4) is 0 Å². The Morgan fingerprint density at radius 2 is 0.978 bits per heavy atom. The number of hydrogen-bond donors (Lipinski definition) is 4. The van der Waals surface area contributed by atoms with Crippen molar-refractivity contribution in [2.75, 3.05) is 61.7 Å². The average molecular weight is 635 g/mol. The summed E-state index contributed by atoms with van der Waals surface area (Å²) < 4.78 is 0. The first-order chi connectivity index (χ1) is 21.8. The van der Waals surface area contributed by atoms with Gasteiger partial charge in [0, 0.05) is 64.0 Å². The molecule has 2 aromatic rings.